The van der Waals surface area contributed by atoms with Crippen LogP contribution in [0.1, 0.15) is 24.1 Å². The molecular weight excluding hydrogens is 364 g/mol. The number of carbonyl (C=O) groups excluding carboxylic acids is 1. The van der Waals surface area contributed by atoms with Gasteiger partial charge in [0.1, 0.15) is 11.0 Å². The molecule has 8 heteroatoms. The Morgan fingerprint density at radius 2 is 1.93 bits per heavy atom. The lowest BCUT2D eigenvalue weighted by molar-refractivity contribution is 0.256. The topological polar surface area (TPSA) is 97.0 Å². The van der Waals surface area contributed by atoms with Gasteiger partial charge in [-0.15, -0.1) is 0 Å². The molecule has 0 fully saturated rings. The van der Waals surface area contributed by atoms with Crippen molar-refractivity contribution in [2.45, 2.75) is 19.9 Å². The molecule has 3 N–H and O–H groups in total. The van der Waals surface area contributed by atoms with Gasteiger partial charge in [-0.1, -0.05) is 23.7 Å². The molecule has 138 valence electrons. The van der Waals surface area contributed by atoms with Crippen LogP contribution in [0.25, 0.3) is 0 Å². The average Bonchev–Trinajstić information content (AvgIpc) is 2.62. The first-order chi connectivity index (χ1) is 12.9. The van der Waals surface area contributed by atoms with Crippen LogP contribution in [0.5, 0.6) is 0 Å². The molecule has 0 aliphatic rings. The third-order valence-electron chi connectivity index (χ3n) is 3.94. The van der Waals surface area contributed by atoms with Gasteiger partial charge >= 0.3 is 6.03 Å². The molecule has 0 saturated heterocycles. The third-order valence-corrected chi connectivity index (χ3v) is 4.12. The number of nitrogens with one attached hydrogen (secondary N) is 1. The molecule has 2 amide bonds. The number of aryl methyl sites for hydroxylation is 1. The van der Waals surface area contributed by atoms with E-state index in [-0.39, 0.29) is 6.04 Å². The highest BCUT2D eigenvalue weighted by Gasteiger charge is 2.17. The summed E-state index contributed by atoms with van der Waals surface area (Å²) < 4.78 is 0. The summed E-state index contributed by atoms with van der Waals surface area (Å²) in [6.07, 6.45) is 6.39. The summed E-state index contributed by atoms with van der Waals surface area (Å²) in [6, 6.07) is 8.71. The van der Waals surface area contributed by atoms with Crippen molar-refractivity contribution >= 4 is 34.8 Å². The molecule has 0 spiro atoms. The number of aromatic nitrogens is 3. The maximum atomic E-state index is 12.1. The molecular formula is C19H19ClN6O. The normalized spacial score (nSPS) is 11.7. The van der Waals surface area contributed by atoms with Crippen LogP contribution in [0.2, 0.25) is 5.15 Å². The van der Waals surface area contributed by atoms with Gasteiger partial charge in [0.2, 0.25) is 0 Å². The van der Waals surface area contributed by atoms with Gasteiger partial charge in [0.25, 0.3) is 0 Å². The molecule has 0 saturated carbocycles. The van der Waals surface area contributed by atoms with Gasteiger partial charge in [-0.05, 0) is 43.2 Å². The van der Waals surface area contributed by atoms with Crippen molar-refractivity contribution in [1.82, 2.24) is 15.0 Å². The summed E-state index contributed by atoms with van der Waals surface area (Å²) in [6.45, 7) is 3.88. The molecule has 27 heavy (non-hydrogen) atoms. The van der Waals surface area contributed by atoms with Crippen molar-refractivity contribution in [3.05, 3.63) is 71.4 Å². The number of nitrogens with zero attached hydrogens (tertiary/aromatic N) is 4. The number of anilines is 3. The third kappa shape index (κ3) is 4.51. The van der Waals surface area contributed by atoms with Crippen LogP contribution >= 0.6 is 11.6 Å². The van der Waals surface area contributed by atoms with Crippen LogP contribution in [-0.4, -0.2) is 21.0 Å². The molecule has 1 aromatic carbocycles. The summed E-state index contributed by atoms with van der Waals surface area (Å²) in [4.78, 5) is 25.9. The summed E-state index contributed by atoms with van der Waals surface area (Å²) in [5.41, 5.74) is 8.77. The maximum absolute atomic E-state index is 12.1. The van der Waals surface area contributed by atoms with Gasteiger partial charge in [0.15, 0.2) is 0 Å². The average molecular weight is 383 g/mol. The monoisotopic (exact) mass is 382 g/mol. The quantitative estimate of drug-likeness (QED) is 0.688. The van der Waals surface area contributed by atoms with E-state index in [1.807, 2.05) is 44.2 Å². The Bertz CT molecular complexity index is 964. The Balaban J connectivity index is 1.90. The fourth-order valence-electron chi connectivity index (χ4n) is 2.71. The van der Waals surface area contributed by atoms with E-state index in [9.17, 15) is 4.79 Å². The number of rotatable bonds is 5. The highest BCUT2D eigenvalue weighted by Crippen LogP contribution is 2.28. The molecule has 3 rings (SSSR count). The Morgan fingerprint density at radius 1 is 1.15 bits per heavy atom. The number of primary amides is 1. The fourth-order valence-corrected chi connectivity index (χ4v) is 2.86. The molecule has 1 atom stereocenters. The van der Waals surface area contributed by atoms with Gasteiger partial charge < -0.3 is 11.1 Å². The van der Waals surface area contributed by atoms with E-state index in [4.69, 9.17) is 17.3 Å². The van der Waals surface area contributed by atoms with Crippen LogP contribution < -0.4 is 16.0 Å². The number of halogens is 1. The molecule has 0 unspecified atom stereocenters. The number of carbonyl (C=O) groups is 1. The van der Waals surface area contributed by atoms with Crippen LogP contribution in [0.15, 0.2) is 55.1 Å². The zero-order valence-electron chi connectivity index (χ0n) is 14.9. The Labute approximate surface area is 162 Å². The van der Waals surface area contributed by atoms with Crippen molar-refractivity contribution in [1.29, 1.82) is 0 Å². The van der Waals surface area contributed by atoms with Crippen molar-refractivity contribution in [3.63, 3.8) is 0 Å². The van der Waals surface area contributed by atoms with Crippen molar-refractivity contribution in [2.24, 2.45) is 5.73 Å². The van der Waals surface area contributed by atoms with E-state index in [2.05, 4.69) is 20.3 Å². The summed E-state index contributed by atoms with van der Waals surface area (Å²) in [5, 5.41) is 3.55. The van der Waals surface area contributed by atoms with E-state index in [0.29, 0.717) is 22.3 Å². The first-order valence-corrected chi connectivity index (χ1v) is 8.67. The SMILES string of the molecule is Cc1cncc(N(C(N)=O)c2cccc([C@H](C)Nc3cncc(Cl)n3)c2)c1. The predicted octanol–water partition coefficient (Wildman–Crippen LogP) is 4.22. The van der Waals surface area contributed by atoms with E-state index in [1.165, 1.54) is 11.1 Å². The van der Waals surface area contributed by atoms with Crippen molar-refractivity contribution < 1.29 is 4.79 Å². The van der Waals surface area contributed by atoms with Crippen molar-refractivity contribution in [2.75, 3.05) is 10.2 Å². The first kappa shape index (κ1) is 18.6. The smallest absolute Gasteiger partial charge is 0.323 e. The first-order valence-electron chi connectivity index (χ1n) is 8.29. The second-order valence-electron chi connectivity index (χ2n) is 6.08. The number of hydrogen-bond donors (Lipinski definition) is 2. The Kier molecular flexibility index (Phi) is 5.52. The Hall–Kier alpha value is -3.19. The largest absolute Gasteiger partial charge is 0.362 e. The minimum Gasteiger partial charge on any atom is -0.362 e. The predicted molar refractivity (Wildman–Crippen MR) is 106 cm³/mol. The molecule has 2 aromatic heterocycles. The second-order valence-corrected chi connectivity index (χ2v) is 6.47. The highest BCUT2D eigenvalue weighted by molar-refractivity contribution is 6.29. The van der Waals surface area contributed by atoms with Gasteiger partial charge in [-0.25, -0.2) is 9.78 Å². The van der Waals surface area contributed by atoms with E-state index < -0.39 is 6.03 Å². The van der Waals surface area contributed by atoms with Crippen LogP contribution in [0.3, 0.4) is 0 Å². The molecule has 0 aliphatic heterocycles. The zero-order chi connectivity index (χ0) is 19.4. The number of amides is 2. The van der Waals surface area contributed by atoms with E-state index >= 15 is 0 Å². The van der Waals surface area contributed by atoms with Gasteiger partial charge in [-0.3, -0.25) is 14.9 Å². The van der Waals surface area contributed by atoms with E-state index in [0.717, 1.165) is 11.1 Å². The lowest BCUT2D eigenvalue weighted by Gasteiger charge is -2.22. The number of nitrogens with two attached hydrogens (primary N) is 1. The minimum atomic E-state index is -0.583. The van der Waals surface area contributed by atoms with Crippen LogP contribution in [0, 0.1) is 6.92 Å². The van der Waals surface area contributed by atoms with Crippen LogP contribution in [0.4, 0.5) is 22.0 Å². The molecule has 0 aliphatic carbocycles. The summed E-state index contributed by atoms with van der Waals surface area (Å²) in [5.74, 6) is 0.565. The highest BCUT2D eigenvalue weighted by atomic mass is 35.5. The van der Waals surface area contributed by atoms with E-state index in [1.54, 1.807) is 18.6 Å². The number of pyridine rings is 1. The van der Waals surface area contributed by atoms with Crippen molar-refractivity contribution in [3.8, 4) is 0 Å². The zero-order valence-corrected chi connectivity index (χ0v) is 15.7. The minimum absolute atomic E-state index is 0.0944. The molecule has 0 bridgehead atoms. The molecule has 2 heterocycles. The fraction of sp³-hybridized carbons (Fsp3) is 0.158. The van der Waals surface area contributed by atoms with Gasteiger partial charge in [-0.2, -0.15) is 0 Å². The van der Waals surface area contributed by atoms with Gasteiger partial charge in [0.05, 0.1) is 36.0 Å². The van der Waals surface area contributed by atoms with Crippen LogP contribution in [-0.2, 0) is 0 Å². The second kappa shape index (κ2) is 8.01. The standard InChI is InChI=1S/C19H19ClN6O/c1-12-6-16(9-22-8-12)26(19(21)27)15-5-3-4-14(7-15)13(2)24-18-11-23-10-17(20)25-18/h3-11,13H,1-2H3,(H2,21,27)(H,24,25)/t13-/m0/s1. The van der Waals surface area contributed by atoms with Gasteiger partial charge in [0, 0.05) is 6.20 Å². The number of urea groups is 1. The molecule has 0 radical (unpaired) electrons. The molecule has 3 aromatic rings. The number of benzene rings is 1. The lowest BCUT2D eigenvalue weighted by Crippen LogP contribution is -2.31. The molecule has 7 nitrogen and oxygen atoms in total. The number of hydrogen-bond acceptors (Lipinski definition) is 5. The summed E-state index contributed by atoms with van der Waals surface area (Å²) >= 11 is 5.88. The summed E-state index contributed by atoms with van der Waals surface area (Å²) in [7, 11) is 0. The lowest BCUT2D eigenvalue weighted by atomic mass is 10.1. The Morgan fingerprint density at radius 3 is 2.63 bits per heavy atom. The maximum Gasteiger partial charge on any atom is 0.323 e.